The first-order chi connectivity index (χ1) is 7.06. The van der Waals surface area contributed by atoms with Crippen LogP contribution in [0.2, 0.25) is 0 Å². The lowest BCUT2D eigenvalue weighted by atomic mass is 9.88. The zero-order valence-electron chi connectivity index (χ0n) is 9.10. The molecule has 0 spiro atoms. The van der Waals surface area contributed by atoms with E-state index >= 15 is 0 Å². The molecule has 1 saturated heterocycles. The molecule has 1 amide bonds. The Morgan fingerprint density at radius 3 is 2.80 bits per heavy atom. The Kier molecular flexibility index (Phi) is 2.26. The zero-order chi connectivity index (χ0) is 11.1. The van der Waals surface area contributed by atoms with E-state index in [9.17, 15) is 4.79 Å². The van der Waals surface area contributed by atoms with Crippen molar-refractivity contribution < 1.29 is 4.79 Å². The minimum atomic E-state index is -0.172. The van der Waals surface area contributed by atoms with Crippen molar-refractivity contribution in [1.82, 2.24) is 14.7 Å². The molecule has 1 aromatic heterocycles. The van der Waals surface area contributed by atoms with Crippen LogP contribution in [0.15, 0.2) is 12.3 Å². The Morgan fingerprint density at radius 2 is 2.33 bits per heavy atom. The van der Waals surface area contributed by atoms with Gasteiger partial charge in [-0.25, -0.2) is 0 Å². The topological polar surface area (TPSA) is 64.2 Å². The molecule has 5 nitrogen and oxygen atoms in total. The van der Waals surface area contributed by atoms with Gasteiger partial charge in [0.15, 0.2) is 0 Å². The molecule has 0 saturated carbocycles. The quantitative estimate of drug-likeness (QED) is 0.743. The first-order valence-corrected chi connectivity index (χ1v) is 5.12. The Labute approximate surface area is 88.8 Å². The Morgan fingerprint density at radius 1 is 1.67 bits per heavy atom. The fourth-order valence-corrected chi connectivity index (χ4v) is 1.83. The molecule has 0 aliphatic carbocycles. The van der Waals surface area contributed by atoms with Gasteiger partial charge in [-0.05, 0) is 12.5 Å². The largest absolute Gasteiger partial charge is 0.333 e. The average Bonchev–Trinajstić information content (AvgIpc) is 2.58. The summed E-state index contributed by atoms with van der Waals surface area (Å²) in [7, 11) is 1.77. The van der Waals surface area contributed by atoms with E-state index in [0.717, 1.165) is 6.42 Å². The molecule has 5 heteroatoms. The van der Waals surface area contributed by atoms with Crippen LogP contribution >= 0.6 is 0 Å². The molecule has 15 heavy (non-hydrogen) atoms. The Bertz CT molecular complexity index is 379. The highest BCUT2D eigenvalue weighted by Crippen LogP contribution is 2.23. The van der Waals surface area contributed by atoms with Crippen LogP contribution in [0.4, 0.5) is 0 Å². The van der Waals surface area contributed by atoms with Crippen molar-refractivity contribution >= 4 is 5.91 Å². The Hall–Kier alpha value is -1.36. The third kappa shape index (κ3) is 1.63. The van der Waals surface area contributed by atoms with E-state index in [0.29, 0.717) is 18.8 Å². The van der Waals surface area contributed by atoms with Crippen LogP contribution in [0.3, 0.4) is 0 Å². The zero-order valence-corrected chi connectivity index (χ0v) is 9.10. The van der Waals surface area contributed by atoms with E-state index in [1.165, 1.54) is 0 Å². The molecule has 1 fully saturated rings. The molecule has 0 unspecified atom stereocenters. The normalized spacial score (nSPS) is 18.7. The number of amides is 1. The van der Waals surface area contributed by atoms with E-state index in [2.05, 4.69) is 5.10 Å². The predicted octanol–water partition coefficient (Wildman–Crippen LogP) is -0.0166. The highest BCUT2D eigenvalue weighted by molar-refractivity contribution is 5.93. The first kappa shape index (κ1) is 10.2. The fraction of sp³-hybridized carbons (Fsp3) is 0.600. The van der Waals surface area contributed by atoms with Gasteiger partial charge in [-0.2, -0.15) is 5.10 Å². The summed E-state index contributed by atoms with van der Waals surface area (Å²) >= 11 is 0. The van der Waals surface area contributed by atoms with Gasteiger partial charge in [-0.3, -0.25) is 9.48 Å². The highest BCUT2D eigenvalue weighted by atomic mass is 16.2. The van der Waals surface area contributed by atoms with Gasteiger partial charge in [0, 0.05) is 26.3 Å². The van der Waals surface area contributed by atoms with E-state index in [-0.39, 0.29) is 11.4 Å². The number of hydrogen-bond donors (Lipinski definition) is 1. The second-order valence-corrected chi connectivity index (χ2v) is 4.22. The third-order valence-corrected chi connectivity index (χ3v) is 3.04. The van der Waals surface area contributed by atoms with Gasteiger partial charge in [0.1, 0.15) is 5.69 Å². The van der Waals surface area contributed by atoms with E-state index < -0.39 is 0 Å². The number of rotatable bonds is 2. The van der Waals surface area contributed by atoms with Crippen molar-refractivity contribution in [1.29, 1.82) is 0 Å². The minimum absolute atomic E-state index is 0.0181. The molecule has 82 valence electrons. The number of aryl methyl sites for hydroxylation is 1. The molecular weight excluding hydrogens is 192 g/mol. The van der Waals surface area contributed by atoms with Crippen LogP contribution in [0.25, 0.3) is 0 Å². The third-order valence-electron chi connectivity index (χ3n) is 3.04. The second-order valence-electron chi connectivity index (χ2n) is 4.22. The van der Waals surface area contributed by atoms with Crippen molar-refractivity contribution in [3.63, 3.8) is 0 Å². The number of nitrogens with zero attached hydrogens (tertiary/aromatic N) is 3. The highest BCUT2D eigenvalue weighted by Gasteiger charge is 2.41. The number of carbonyl (C=O) groups is 1. The predicted molar refractivity (Wildman–Crippen MR) is 56.3 cm³/mol. The summed E-state index contributed by atoms with van der Waals surface area (Å²) < 4.78 is 1.59. The van der Waals surface area contributed by atoms with Crippen LogP contribution in [0, 0.1) is 0 Å². The van der Waals surface area contributed by atoms with E-state index in [4.69, 9.17) is 5.73 Å². The van der Waals surface area contributed by atoms with Crippen LogP contribution < -0.4 is 5.73 Å². The molecule has 1 aliphatic rings. The molecule has 0 atom stereocenters. The summed E-state index contributed by atoms with van der Waals surface area (Å²) in [5.41, 5.74) is 6.45. The molecule has 2 heterocycles. The van der Waals surface area contributed by atoms with Crippen molar-refractivity contribution in [3.05, 3.63) is 18.0 Å². The second kappa shape index (κ2) is 3.34. The molecule has 2 N–H and O–H groups in total. The lowest BCUT2D eigenvalue weighted by Gasteiger charge is -2.47. The summed E-state index contributed by atoms with van der Waals surface area (Å²) in [5, 5.41) is 3.97. The smallest absolute Gasteiger partial charge is 0.272 e. The van der Waals surface area contributed by atoms with Crippen LogP contribution in [-0.2, 0) is 7.05 Å². The van der Waals surface area contributed by atoms with Gasteiger partial charge >= 0.3 is 0 Å². The lowest BCUT2D eigenvalue weighted by molar-refractivity contribution is 0.0390. The lowest BCUT2D eigenvalue weighted by Crippen LogP contribution is -2.68. The SMILES string of the molecule is CCC1(N)CN(C(=O)c2ccnn2C)C1. The van der Waals surface area contributed by atoms with Gasteiger partial charge in [-0.15, -0.1) is 0 Å². The van der Waals surface area contributed by atoms with Gasteiger partial charge in [0.05, 0.1) is 5.54 Å². The van der Waals surface area contributed by atoms with Crippen molar-refractivity contribution in [2.75, 3.05) is 13.1 Å². The maximum atomic E-state index is 11.9. The summed E-state index contributed by atoms with van der Waals surface area (Å²) in [6, 6.07) is 1.73. The van der Waals surface area contributed by atoms with Crippen molar-refractivity contribution in [2.24, 2.45) is 12.8 Å². The Balaban J connectivity index is 2.04. The van der Waals surface area contributed by atoms with E-state index in [1.54, 1.807) is 28.9 Å². The summed E-state index contributed by atoms with van der Waals surface area (Å²) in [5.74, 6) is 0.0181. The van der Waals surface area contributed by atoms with E-state index in [1.807, 2.05) is 6.92 Å². The standard InChI is InChI=1S/C10H16N4O/c1-3-10(11)6-14(7-10)9(15)8-4-5-12-13(8)2/h4-5H,3,6-7,11H2,1-2H3. The molecule has 1 aliphatic heterocycles. The molecular formula is C10H16N4O. The van der Waals surface area contributed by atoms with Crippen molar-refractivity contribution in [3.8, 4) is 0 Å². The molecule has 0 radical (unpaired) electrons. The van der Waals surface area contributed by atoms with Gasteiger partial charge in [-0.1, -0.05) is 6.92 Å². The molecule has 1 aromatic rings. The van der Waals surface area contributed by atoms with Crippen molar-refractivity contribution in [2.45, 2.75) is 18.9 Å². The number of likely N-dealkylation sites (tertiary alicyclic amines) is 1. The van der Waals surface area contributed by atoms with Crippen LogP contribution in [-0.4, -0.2) is 39.2 Å². The fourth-order valence-electron chi connectivity index (χ4n) is 1.83. The monoisotopic (exact) mass is 208 g/mol. The maximum absolute atomic E-state index is 11.9. The summed E-state index contributed by atoms with van der Waals surface area (Å²) in [6.07, 6.45) is 2.53. The maximum Gasteiger partial charge on any atom is 0.272 e. The van der Waals surface area contributed by atoms with Crippen LogP contribution in [0.5, 0.6) is 0 Å². The van der Waals surface area contributed by atoms with Gasteiger partial charge in [0.25, 0.3) is 5.91 Å². The van der Waals surface area contributed by atoms with Gasteiger partial charge < -0.3 is 10.6 Å². The molecule has 2 rings (SSSR count). The average molecular weight is 208 g/mol. The summed E-state index contributed by atoms with van der Waals surface area (Å²) in [4.78, 5) is 13.7. The number of nitrogens with two attached hydrogens (primary N) is 1. The van der Waals surface area contributed by atoms with Crippen LogP contribution in [0.1, 0.15) is 23.8 Å². The van der Waals surface area contributed by atoms with Gasteiger partial charge in [0.2, 0.25) is 0 Å². The summed E-state index contributed by atoms with van der Waals surface area (Å²) in [6.45, 7) is 3.34. The number of hydrogen-bond acceptors (Lipinski definition) is 3. The number of carbonyl (C=O) groups excluding carboxylic acids is 1. The number of aromatic nitrogens is 2. The first-order valence-electron chi connectivity index (χ1n) is 5.12. The minimum Gasteiger partial charge on any atom is -0.333 e. The molecule has 0 bridgehead atoms. The molecule has 0 aromatic carbocycles.